The summed E-state index contributed by atoms with van der Waals surface area (Å²) in [4.78, 5) is 24.4. The maximum Gasteiger partial charge on any atom is 0.405 e. The predicted molar refractivity (Wildman–Crippen MR) is 127 cm³/mol. The Morgan fingerprint density at radius 1 is 1.11 bits per heavy atom. The zero-order valence-electron chi connectivity index (χ0n) is 19.5. The van der Waals surface area contributed by atoms with E-state index in [0.717, 1.165) is 0 Å². The van der Waals surface area contributed by atoms with E-state index in [0.29, 0.717) is 16.8 Å². The van der Waals surface area contributed by atoms with Gasteiger partial charge in [-0.05, 0) is 30.3 Å². The summed E-state index contributed by atoms with van der Waals surface area (Å²) in [5.41, 5.74) is 7.01. The van der Waals surface area contributed by atoms with E-state index in [-0.39, 0.29) is 34.7 Å². The highest BCUT2D eigenvalue weighted by atomic mass is 19.4. The molecule has 0 radical (unpaired) electrons. The van der Waals surface area contributed by atoms with Gasteiger partial charge in [-0.25, -0.2) is 19.0 Å². The van der Waals surface area contributed by atoms with Gasteiger partial charge in [0, 0.05) is 24.4 Å². The van der Waals surface area contributed by atoms with Crippen molar-refractivity contribution in [1.29, 1.82) is 0 Å². The van der Waals surface area contributed by atoms with Gasteiger partial charge in [0.25, 0.3) is 5.91 Å². The van der Waals surface area contributed by atoms with Crippen molar-refractivity contribution in [2.45, 2.75) is 6.18 Å². The van der Waals surface area contributed by atoms with Crippen molar-refractivity contribution in [1.82, 2.24) is 30.0 Å². The number of aryl methyl sites for hydroxylation is 1. The molecule has 4 aromatic rings. The van der Waals surface area contributed by atoms with Crippen LogP contribution in [0.15, 0.2) is 48.7 Å². The summed E-state index contributed by atoms with van der Waals surface area (Å²) in [5.74, 6) is -1.00. The molecule has 0 saturated carbocycles. The number of hydrogen-bond acceptors (Lipinski definition) is 8. The van der Waals surface area contributed by atoms with Crippen LogP contribution < -0.4 is 21.1 Å². The minimum Gasteiger partial charge on any atom is -0.496 e. The highest BCUT2D eigenvalue weighted by Crippen LogP contribution is 2.29. The van der Waals surface area contributed by atoms with Gasteiger partial charge >= 0.3 is 6.18 Å². The van der Waals surface area contributed by atoms with Crippen molar-refractivity contribution in [3.63, 3.8) is 0 Å². The Hall–Kier alpha value is -4.75. The Morgan fingerprint density at radius 2 is 1.86 bits per heavy atom. The van der Waals surface area contributed by atoms with Crippen molar-refractivity contribution >= 4 is 23.5 Å². The van der Waals surface area contributed by atoms with Crippen LogP contribution in [0.4, 0.5) is 35.1 Å². The largest absolute Gasteiger partial charge is 0.496 e. The fourth-order valence-electron chi connectivity index (χ4n) is 3.34. The van der Waals surface area contributed by atoms with Crippen molar-refractivity contribution in [3.8, 4) is 28.4 Å². The van der Waals surface area contributed by atoms with Crippen LogP contribution in [0, 0.1) is 5.82 Å². The lowest BCUT2D eigenvalue weighted by Crippen LogP contribution is -2.33. The summed E-state index contributed by atoms with van der Waals surface area (Å²) in [7, 11) is 2.87. The SMILES string of the molecule is COc1cc(-c2nc(Nc3ccc(-c4ccnc(N)n4)cc3F)n(C)n2)ccc1C(=O)NCC(F)(F)F. The Balaban J connectivity index is 1.55. The second-order valence-electron chi connectivity index (χ2n) is 7.72. The van der Waals surface area contributed by atoms with Crippen molar-refractivity contribution in [3.05, 3.63) is 60.0 Å². The van der Waals surface area contributed by atoms with Crippen LogP contribution in [0.2, 0.25) is 0 Å². The number of anilines is 3. The van der Waals surface area contributed by atoms with Crippen LogP contribution in [0.25, 0.3) is 22.6 Å². The second kappa shape index (κ2) is 10.1. The number of aromatic nitrogens is 5. The first-order valence-corrected chi connectivity index (χ1v) is 10.6. The highest BCUT2D eigenvalue weighted by Gasteiger charge is 2.28. The molecule has 37 heavy (non-hydrogen) atoms. The summed E-state index contributed by atoms with van der Waals surface area (Å²) >= 11 is 0. The number of nitrogens with two attached hydrogens (primary N) is 1. The van der Waals surface area contributed by atoms with Gasteiger partial charge in [-0.1, -0.05) is 12.1 Å². The fourth-order valence-corrected chi connectivity index (χ4v) is 3.34. The number of halogens is 4. The van der Waals surface area contributed by atoms with Crippen LogP contribution in [-0.4, -0.2) is 50.5 Å². The van der Waals surface area contributed by atoms with E-state index in [4.69, 9.17) is 10.5 Å². The van der Waals surface area contributed by atoms with Gasteiger partial charge in [-0.15, -0.1) is 5.10 Å². The third-order valence-electron chi connectivity index (χ3n) is 5.10. The lowest BCUT2D eigenvalue weighted by Gasteiger charge is -2.11. The molecule has 192 valence electrons. The van der Waals surface area contributed by atoms with E-state index < -0.39 is 24.4 Å². The number of nitrogens with zero attached hydrogens (tertiary/aromatic N) is 5. The lowest BCUT2D eigenvalue weighted by atomic mass is 10.1. The third-order valence-corrected chi connectivity index (χ3v) is 5.10. The van der Waals surface area contributed by atoms with Gasteiger partial charge in [0.2, 0.25) is 11.9 Å². The number of carbonyl (C=O) groups is 1. The Bertz CT molecular complexity index is 1460. The van der Waals surface area contributed by atoms with Crippen molar-refractivity contribution in [2.24, 2.45) is 7.05 Å². The Morgan fingerprint density at radius 3 is 2.54 bits per heavy atom. The van der Waals surface area contributed by atoms with E-state index in [1.165, 1.54) is 48.3 Å². The Kier molecular flexibility index (Phi) is 6.91. The molecule has 0 aliphatic rings. The quantitative estimate of drug-likeness (QED) is 0.317. The molecule has 0 atom stereocenters. The molecule has 4 N–H and O–H groups in total. The number of hydrogen-bond donors (Lipinski definition) is 3. The molecule has 0 spiro atoms. The summed E-state index contributed by atoms with van der Waals surface area (Å²) in [5, 5.41) is 8.95. The number of benzene rings is 2. The number of alkyl halides is 3. The minimum atomic E-state index is -4.55. The van der Waals surface area contributed by atoms with Crippen LogP contribution in [0.5, 0.6) is 5.75 Å². The summed E-state index contributed by atoms with van der Waals surface area (Å²) in [6.45, 7) is -1.47. The molecule has 0 aliphatic carbocycles. The van der Waals surface area contributed by atoms with Gasteiger partial charge < -0.3 is 21.1 Å². The van der Waals surface area contributed by atoms with E-state index in [1.54, 1.807) is 24.5 Å². The summed E-state index contributed by atoms with van der Waals surface area (Å²) in [6, 6.07) is 10.2. The first-order chi connectivity index (χ1) is 17.5. The van der Waals surface area contributed by atoms with Crippen LogP contribution in [0.3, 0.4) is 0 Å². The molecule has 14 heteroatoms. The van der Waals surface area contributed by atoms with Crippen molar-refractivity contribution < 1.29 is 27.1 Å². The number of ether oxygens (including phenoxy) is 1. The van der Waals surface area contributed by atoms with E-state index in [1.807, 2.05) is 0 Å². The molecule has 10 nitrogen and oxygen atoms in total. The van der Waals surface area contributed by atoms with Crippen LogP contribution in [-0.2, 0) is 7.05 Å². The molecule has 0 fully saturated rings. The lowest BCUT2D eigenvalue weighted by molar-refractivity contribution is -0.123. The molecular formula is C23H20F4N8O2. The summed E-state index contributed by atoms with van der Waals surface area (Å²) < 4.78 is 58.7. The monoisotopic (exact) mass is 516 g/mol. The average molecular weight is 516 g/mol. The first-order valence-electron chi connectivity index (χ1n) is 10.6. The van der Waals surface area contributed by atoms with Crippen molar-refractivity contribution in [2.75, 3.05) is 24.7 Å². The molecule has 0 unspecified atom stereocenters. The number of nitrogens with one attached hydrogen (secondary N) is 2. The van der Waals surface area contributed by atoms with Gasteiger partial charge in [0.15, 0.2) is 5.82 Å². The van der Waals surface area contributed by atoms with Gasteiger partial charge in [-0.3, -0.25) is 4.79 Å². The second-order valence-corrected chi connectivity index (χ2v) is 7.72. The average Bonchev–Trinajstić information content (AvgIpc) is 3.23. The number of methoxy groups -OCH3 is 1. The summed E-state index contributed by atoms with van der Waals surface area (Å²) in [6.07, 6.45) is -3.08. The molecule has 4 rings (SSSR count). The van der Waals surface area contributed by atoms with Gasteiger partial charge in [0.1, 0.15) is 18.1 Å². The molecule has 1 amide bonds. The standard InChI is InChI=1S/C23H20F4N8O2/c1-35-22(32-17-6-4-12(9-15(17)24)16-7-8-29-21(28)31-16)33-19(34-35)13-3-5-14(18(10-13)37-2)20(36)30-11-23(25,26)27/h3-10H,11H2,1-2H3,(H,30,36)(H2,28,29,31)(H,32,33,34). The maximum absolute atomic E-state index is 14.8. The van der Waals surface area contributed by atoms with Gasteiger partial charge in [-0.2, -0.15) is 18.2 Å². The van der Waals surface area contributed by atoms with E-state index >= 15 is 0 Å². The zero-order chi connectivity index (χ0) is 26.7. The molecule has 0 aliphatic heterocycles. The zero-order valence-corrected chi connectivity index (χ0v) is 19.5. The molecule has 2 heterocycles. The molecular weight excluding hydrogens is 496 g/mol. The Labute approximate surface area is 207 Å². The highest BCUT2D eigenvalue weighted by molar-refractivity contribution is 5.97. The number of nitrogen functional groups attached to an aromatic ring is 1. The van der Waals surface area contributed by atoms with Crippen LogP contribution >= 0.6 is 0 Å². The van der Waals surface area contributed by atoms with E-state index in [9.17, 15) is 22.4 Å². The normalized spacial score (nSPS) is 11.3. The maximum atomic E-state index is 14.8. The van der Waals surface area contributed by atoms with Gasteiger partial charge in [0.05, 0.1) is 24.1 Å². The third kappa shape index (κ3) is 5.91. The molecule has 2 aromatic heterocycles. The fraction of sp³-hybridized carbons (Fsp3) is 0.174. The number of rotatable bonds is 7. The molecule has 0 saturated heterocycles. The van der Waals surface area contributed by atoms with Crippen LogP contribution in [0.1, 0.15) is 10.4 Å². The number of amides is 1. The number of carbonyl (C=O) groups excluding carboxylic acids is 1. The topological polar surface area (TPSA) is 133 Å². The van der Waals surface area contributed by atoms with E-state index in [2.05, 4.69) is 25.4 Å². The predicted octanol–water partition coefficient (Wildman–Crippen LogP) is 3.70. The smallest absolute Gasteiger partial charge is 0.405 e. The molecule has 0 bridgehead atoms. The first kappa shape index (κ1) is 25.3. The minimum absolute atomic E-state index is 0.0335. The molecule has 2 aromatic carbocycles.